The van der Waals surface area contributed by atoms with E-state index in [4.69, 9.17) is 0 Å². The molecule has 120 valence electrons. The molecule has 0 unspecified atom stereocenters. The van der Waals surface area contributed by atoms with Crippen LogP contribution in [0.5, 0.6) is 0 Å². The van der Waals surface area contributed by atoms with E-state index in [9.17, 15) is 18.0 Å². The second-order valence-electron chi connectivity index (χ2n) is 5.11. The molecular weight excluding hydrogens is 309 g/mol. The maximum Gasteiger partial charge on any atom is 0.274 e. The quantitative estimate of drug-likeness (QED) is 0.883. The normalized spacial score (nSPS) is 14.1. The van der Waals surface area contributed by atoms with E-state index in [2.05, 4.69) is 15.3 Å². The SMILES string of the molecule is O=C(Nc1ccc(F)c(F)c1F)c1ccnc(N2CCCC2)n1. The van der Waals surface area contributed by atoms with Gasteiger partial charge in [-0.25, -0.2) is 23.1 Å². The molecule has 0 spiro atoms. The molecule has 1 aromatic carbocycles. The highest BCUT2D eigenvalue weighted by molar-refractivity contribution is 6.03. The van der Waals surface area contributed by atoms with Gasteiger partial charge in [0.25, 0.3) is 5.91 Å². The lowest BCUT2D eigenvalue weighted by atomic mass is 10.2. The summed E-state index contributed by atoms with van der Waals surface area (Å²) in [6.45, 7) is 1.62. The van der Waals surface area contributed by atoms with E-state index in [0.29, 0.717) is 5.95 Å². The van der Waals surface area contributed by atoms with Gasteiger partial charge in [0, 0.05) is 19.3 Å². The van der Waals surface area contributed by atoms with Gasteiger partial charge >= 0.3 is 0 Å². The second-order valence-corrected chi connectivity index (χ2v) is 5.11. The number of hydrogen-bond donors (Lipinski definition) is 1. The van der Waals surface area contributed by atoms with Crippen molar-refractivity contribution in [3.05, 3.63) is 47.5 Å². The van der Waals surface area contributed by atoms with Crippen LogP contribution in [0.4, 0.5) is 24.8 Å². The van der Waals surface area contributed by atoms with Crippen LogP contribution in [0.15, 0.2) is 24.4 Å². The van der Waals surface area contributed by atoms with Crippen molar-refractivity contribution in [3.8, 4) is 0 Å². The molecule has 2 aromatic rings. The summed E-state index contributed by atoms with van der Waals surface area (Å²) in [5, 5.41) is 2.18. The molecule has 1 N–H and O–H groups in total. The number of nitrogens with one attached hydrogen (secondary N) is 1. The number of halogens is 3. The van der Waals surface area contributed by atoms with Gasteiger partial charge in [0.15, 0.2) is 17.5 Å². The van der Waals surface area contributed by atoms with E-state index >= 15 is 0 Å². The van der Waals surface area contributed by atoms with E-state index in [1.165, 1.54) is 12.3 Å². The fourth-order valence-electron chi connectivity index (χ4n) is 2.35. The zero-order valence-corrected chi connectivity index (χ0v) is 12.0. The molecule has 0 aliphatic carbocycles. The number of benzene rings is 1. The topological polar surface area (TPSA) is 58.1 Å². The Hall–Kier alpha value is -2.64. The van der Waals surface area contributed by atoms with Gasteiger partial charge in [0.2, 0.25) is 5.95 Å². The summed E-state index contributed by atoms with van der Waals surface area (Å²) in [5.74, 6) is -4.71. The number of carbonyl (C=O) groups is 1. The molecule has 0 bridgehead atoms. The zero-order chi connectivity index (χ0) is 16.4. The first kappa shape index (κ1) is 15.3. The highest BCUT2D eigenvalue weighted by atomic mass is 19.2. The molecule has 0 atom stereocenters. The van der Waals surface area contributed by atoms with Gasteiger partial charge in [-0.3, -0.25) is 4.79 Å². The largest absolute Gasteiger partial charge is 0.341 e. The minimum atomic E-state index is -1.64. The maximum absolute atomic E-state index is 13.6. The standard InChI is InChI=1S/C15H13F3N4O/c16-9-3-4-10(13(18)12(9)17)20-14(23)11-5-6-19-15(21-11)22-7-1-2-8-22/h3-6H,1-2,7-8H2,(H,20,23). The molecule has 1 aliphatic heterocycles. The Labute approximate surface area is 130 Å². The molecule has 0 radical (unpaired) electrons. The molecular formula is C15H13F3N4O. The Balaban J connectivity index is 1.81. The lowest BCUT2D eigenvalue weighted by molar-refractivity contribution is 0.102. The van der Waals surface area contributed by atoms with Crippen LogP contribution in [-0.2, 0) is 0 Å². The van der Waals surface area contributed by atoms with Crippen LogP contribution in [0.25, 0.3) is 0 Å². The lowest BCUT2D eigenvalue weighted by Gasteiger charge is -2.15. The summed E-state index contributed by atoms with van der Waals surface area (Å²) >= 11 is 0. The molecule has 1 saturated heterocycles. The number of nitrogens with zero attached hydrogens (tertiary/aromatic N) is 3. The molecule has 1 aromatic heterocycles. The summed E-state index contributed by atoms with van der Waals surface area (Å²) < 4.78 is 39.7. The highest BCUT2D eigenvalue weighted by Crippen LogP contribution is 2.20. The first-order valence-corrected chi connectivity index (χ1v) is 7.09. The van der Waals surface area contributed by atoms with Gasteiger partial charge in [-0.2, -0.15) is 0 Å². The van der Waals surface area contributed by atoms with Crippen molar-refractivity contribution in [2.75, 3.05) is 23.3 Å². The molecule has 0 saturated carbocycles. The summed E-state index contributed by atoms with van der Waals surface area (Å²) in [6, 6.07) is 3.06. The second kappa shape index (κ2) is 6.23. The molecule has 1 fully saturated rings. The summed E-state index contributed by atoms with van der Waals surface area (Å²) in [6.07, 6.45) is 3.48. The van der Waals surface area contributed by atoms with Gasteiger partial charge in [-0.1, -0.05) is 0 Å². The van der Waals surface area contributed by atoms with E-state index < -0.39 is 29.0 Å². The fraction of sp³-hybridized carbons (Fsp3) is 0.267. The van der Waals surface area contributed by atoms with Crippen molar-refractivity contribution in [2.24, 2.45) is 0 Å². The third-order valence-corrected chi connectivity index (χ3v) is 3.55. The zero-order valence-electron chi connectivity index (χ0n) is 12.0. The van der Waals surface area contributed by atoms with Gasteiger partial charge in [-0.05, 0) is 31.0 Å². The Morgan fingerprint density at radius 2 is 1.83 bits per heavy atom. The Bertz CT molecular complexity index is 747. The third-order valence-electron chi connectivity index (χ3n) is 3.55. The third kappa shape index (κ3) is 3.10. The van der Waals surface area contributed by atoms with Crippen LogP contribution in [-0.4, -0.2) is 29.0 Å². The van der Waals surface area contributed by atoms with Crippen molar-refractivity contribution in [1.29, 1.82) is 0 Å². The van der Waals surface area contributed by atoms with Gasteiger partial charge in [-0.15, -0.1) is 0 Å². The first-order valence-electron chi connectivity index (χ1n) is 7.09. The lowest BCUT2D eigenvalue weighted by Crippen LogP contribution is -2.22. The minimum Gasteiger partial charge on any atom is -0.341 e. The molecule has 1 amide bonds. The summed E-state index contributed by atoms with van der Waals surface area (Å²) in [7, 11) is 0. The van der Waals surface area contributed by atoms with Crippen molar-refractivity contribution < 1.29 is 18.0 Å². The van der Waals surface area contributed by atoms with E-state index in [1.807, 2.05) is 4.90 Å². The van der Waals surface area contributed by atoms with Crippen LogP contribution in [0.3, 0.4) is 0 Å². The van der Waals surface area contributed by atoms with E-state index in [0.717, 1.165) is 38.1 Å². The van der Waals surface area contributed by atoms with Crippen molar-refractivity contribution in [1.82, 2.24) is 9.97 Å². The number of rotatable bonds is 3. The predicted molar refractivity (Wildman–Crippen MR) is 77.7 cm³/mol. The molecule has 2 heterocycles. The number of carbonyl (C=O) groups excluding carboxylic acids is 1. The van der Waals surface area contributed by atoms with E-state index in [1.54, 1.807) is 0 Å². The van der Waals surface area contributed by atoms with Gasteiger partial charge < -0.3 is 10.2 Å². The smallest absolute Gasteiger partial charge is 0.274 e. The van der Waals surface area contributed by atoms with Gasteiger partial charge in [0.05, 0.1) is 5.69 Å². The Morgan fingerprint density at radius 3 is 2.57 bits per heavy atom. The van der Waals surface area contributed by atoms with Crippen LogP contribution in [0.1, 0.15) is 23.3 Å². The molecule has 5 nitrogen and oxygen atoms in total. The van der Waals surface area contributed by atoms with Crippen LogP contribution >= 0.6 is 0 Å². The fourth-order valence-corrected chi connectivity index (χ4v) is 2.35. The highest BCUT2D eigenvalue weighted by Gasteiger charge is 2.19. The van der Waals surface area contributed by atoms with E-state index in [-0.39, 0.29) is 5.69 Å². The Kier molecular flexibility index (Phi) is 4.14. The van der Waals surface area contributed by atoms with Crippen LogP contribution in [0.2, 0.25) is 0 Å². The average Bonchev–Trinajstić information content (AvgIpc) is 3.10. The summed E-state index contributed by atoms with van der Waals surface area (Å²) in [4.78, 5) is 22.3. The Morgan fingerprint density at radius 1 is 1.09 bits per heavy atom. The maximum atomic E-state index is 13.6. The average molecular weight is 322 g/mol. The monoisotopic (exact) mass is 322 g/mol. The first-order chi connectivity index (χ1) is 11.1. The molecule has 23 heavy (non-hydrogen) atoms. The predicted octanol–water partition coefficient (Wildman–Crippen LogP) is 2.75. The number of aromatic nitrogens is 2. The summed E-state index contributed by atoms with van der Waals surface area (Å²) in [5.41, 5.74) is -0.429. The van der Waals surface area contributed by atoms with Crippen molar-refractivity contribution >= 4 is 17.5 Å². The molecule has 8 heteroatoms. The van der Waals surface area contributed by atoms with Crippen molar-refractivity contribution in [2.45, 2.75) is 12.8 Å². The van der Waals surface area contributed by atoms with Crippen molar-refractivity contribution in [3.63, 3.8) is 0 Å². The minimum absolute atomic E-state index is 0.0195. The number of anilines is 2. The number of amides is 1. The molecule has 1 aliphatic rings. The number of hydrogen-bond acceptors (Lipinski definition) is 4. The molecule has 3 rings (SSSR count). The van der Waals surface area contributed by atoms with Crippen LogP contribution < -0.4 is 10.2 Å². The van der Waals surface area contributed by atoms with Crippen LogP contribution in [0, 0.1) is 17.5 Å². The van der Waals surface area contributed by atoms with Gasteiger partial charge in [0.1, 0.15) is 5.69 Å².